The number of allylic oxidation sites excluding steroid dienone is 2. The Balaban J connectivity index is 0.000000724. The first-order valence-electron chi connectivity index (χ1n) is 19.1. The van der Waals surface area contributed by atoms with Crippen molar-refractivity contribution in [3.8, 4) is 11.5 Å². The summed E-state index contributed by atoms with van der Waals surface area (Å²) in [6.07, 6.45) is 0.962. The quantitative estimate of drug-likeness (QED) is 0.0299. The molecule has 378 valence electrons. The van der Waals surface area contributed by atoms with Crippen molar-refractivity contribution in [3.05, 3.63) is 140 Å². The molecule has 0 fully saturated rings. The number of carbonyl (C=O) groups is 2. The van der Waals surface area contributed by atoms with Gasteiger partial charge in [-0.2, -0.15) is 43.9 Å². The monoisotopic (exact) mass is 1130 g/mol. The molecule has 0 saturated heterocycles. The van der Waals surface area contributed by atoms with Gasteiger partial charge in [-0.15, -0.1) is 0 Å². The molecule has 33 heteroatoms. The van der Waals surface area contributed by atoms with Crippen molar-refractivity contribution in [3.63, 3.8) is 0 Å². The van der Waals surface area contributed by atoms with E-state index < -0.39 is 138 Å². The number of nitro groups is 2. The maximum Gasteiger partial charge on any atom is 1.00 e. The van der Waals surface area contributed by atoms with Gasteiger partial charge in [-0.05, 0) is 71.4 Å². The predicted octanol–water partition coefficient (Wildman–Crippen LogP) is 4.38. The number of nitrogens with zero attached hydrogens (tertiary/aromatic N) is 4. The number of benzene rings is 6. The van der Waals surface area contributed by atoms with Crippen LogP contribution >= 0.6 is 0 Å². The van der Waals surface area contributed by atoms with E-state index in [4.69, 9.17) is 11.5 Å². The molecule has 0 aromatic heterocycles. The van der Waals surface area contributed by atoms with E-state index in [1.165, 1.54) is 36.4 Å². The third kappa shape index (κ3) is 10.8. The van der Waals surface area contributed by atoms with E-state index in [-0.39, 0.29) is 68.5 Å². The number of hydrazone groups is 2. The average Bonchev–Trinajstić information content (AvgIpc) is 3.27. The summed E-state index contributed by atoms with van der Waals surface area (Å²) >= 11 is 0. The summed E-state index contributed by atoms with van der Waals surface area (Å²) in [5.74, 6) is -3.49. The summed E-state index contributed by atoms with van der Waals surface area (Å²) < 4.78 is 133. The number of nitro benzene ring substituents is 2. The molecule has 6 aromatic carbocycles. The van der Waals surface area contributed by atoms with Crippen molar-refractivity contribution < 1.29 is 106 Å². The summed E-state index contributed by atoms with van der Waals surface area (Å²) in [4.78, 5) is 42.5. The molecule has 0 unspecified atom stereocenters. The molecule has 12 N–H and O–H groups in total. The average molecular weight is 1130 g/mol. The normalized spacial score (nSPS) is 14.8. The van der Waals surface area contributed by atoms with Crippen LogP contribution in [0.15, 0.2) is 117 Å². The molecule has 2 aliphatic rings. The third-order valence-corrected chi connectivity index (χ3v) is 13.9. The van der Waals surface area contributed by atoms with E-state index in [0.29, 0.717) is 12.2 Å². The molecule has 0 aliphatic heterocycles. The second kappa shape index (κ2) is 19.4. The summed E-state index contributed by atoms with van der Waals surface area (Å²) in [7, 11) is -19.9. The van der Waals surface area contributed by atoms with Crippen molar-refractivity contribution in [1.82, 2.24) is 0 Å². The predicted molar refractivity (Wildman–Crippen MR) is 261 cm³/mol. The molecule has 73 heavy (non-hydrogen) atoms. The molecule has 0 radical (unpaired) electrons. The second-order valence-electron chi connectivity index (χ2n) is 14.9. The first-order chi connectivity index (χ1) is 33.4. The van der Waals surface area contributed by atoms with Gasteiger partial charge in [0.1, 0.15) is 53.9 Å². The minimum atomic E-state index is -4.99. The van der Waals surface area contributed by atoms with Crippen LogP contribution in [0.3, 0.4) is 0 Å². The number of hydrogen-bond donors (Lipinski definition) is 10. The summed E-state index contributed by atoms with van der Waals surface area (Å²) in [6.45, 7) is 0. The maximum atomic E-state index is 12.7. The van der Waals surface area contributed by atoms with Gasteiger partial charge < -0.3 is 21.7 Å². The zero-order valence-electron chi connectivity index (χ0n) is 40.6. The number of phenols is 2. The third-order valence-electron chi connectivity index (χ3n) is 10.3. The number of rotatable bonds is 10. The maximum absolute atomic E-state index is 12.7. The fourth-order valence-corrected chi connectivity index (χ4v) is 9.93. The molecular weight excluding hydrogens is 1090 g/mol. The number of phenolic OH excluding ortho intramolecular Hbond substituents is 2. The van der Waals surface area contributed by atoms with E-state index in [1.807, 2.05) is 0 Å². The molecular formula is C40H33CrN8O20S4+5. The van der Waals surface area contributed by atoms with Crippen LogP contribution in [-0.4, -0.2) is 94.9 Å². The molecule has 28 nitrogen and oxygen atoms in total. The number of nitrogen functional groups attached to an aromatic ring is 2. The Morgan fingerprint density at radius 1 is 0.507 bits per heavy atom. The summed E-state index contributed by atoms with van der Waals surface area (Å²) in [5, 5.41) is 51.8. The van der Waals surface area contributed by atoms with Crippen LogP contribution in [0, 0.1) is 20.2 Å². The molecule has 0 atom stereocenters. The molecule has 2 aliphatic carbocycles. The van der Waals surface area contributed by atoms with Gasteiger partial charge >= 0.3 is 7.13 Å². The van der Waals surface area contributed by atoms with Crippen molar-refractivity contribution in [1.29, 1.82) is 0 Å². The molecule has 0 spiro atoms. The van der Waals surface area contributed by atoms with Crippen LogP contribution in [0.5, 0.6) is 11.5 Å². The van der Waals surface area contributed by atoms with Gasteiger partial charge in [0, 0.05) is 98.2 Å². The summed E-state index contributed by atoms with van der Waals surface area (Å²) in [6, 6.07) is 15.8. The van der Waals surface area contributed by atoms with Gasteiger partial charge in [-0.3, -0.25) is 58.9 Å². The van der Waals surface area contributed by atoms with E-state index >= 15 is 0 Å². The number of non-ortho nitro benzene ring substituents is 2. The number of hydrogen-bond acceptors (Lipinski definition) is 22. The Hall–Kier alpha value is -8.23. The van der Waals surface area contributed by atoms with Crippen LogP contribution < -0.4 is 22.3 Å². The van der Waals surface area contributed by atoms with E-state index in [9.17, 15) is 91.9 Å². The fourth-order valence-electron chi connectivity index (χ4n) is 7.17. The zero-order valence-corrected chi connectivity index (χ0v) is 40.2. The van der Waals surface area contributed by atoms with Gasteiger partial charge in [-0.25, -0.2) is 0 Å². The van der Waals surface area contributed by atoms with E-state index in [1.54, 1.807) is 0 Å². The Morgan fingerprint density at radius 3 is 1.15 bits per heavy atom. The van der Waals surface area contributed by atoms with E-state index in [0.717, 1.165) is 48.5 Å². The standard InChI is InChI=1S/2C20H14N4O10S2.Cr/c2*21-10-1-3-12-9(5-10)6-17(36(32,33)34)19(20(12)26)23-22-18-13-4-2-11(24(27)28)7-14(13)16(8-15(18)25)35(29,30)31;/h2*1-8,23,26H,21H2,(H,29,30,31)(H,32,33,34);/p+5. The van der Waals surface area contributed by atoms with Gasteiger partial charge in [0.15, 0.2) is 0 Å². The van der Waals surface area contributed by atoms with Crippen molar-refractivity contribution >= 4 is 129 Å². The van der Waals surface area contributed by atoms with E-state index in [2.05, 4.69) is 21.1 Å². The van der Waals surface area contributed by atoms with Crippen LogP contribution in [0.1, 0.15) is 29.4 Å². The smallest absolute Gasteiger partial charge is 0.505 e. The molecule has 0 bridgehead atoms. The van der Waals surface area contributed by atoms with Gasteiger partial charge in [0.2, 0.25) is 11.6 Å². The number of nitrogens with one attached hydrogen (secondary N) is 2. The van der Waals surface area contributed by atoms with Gasteiger partial charge in [-0.1, -0.05) is 0 Å². The Kier molecular flexibility index (Phi) is 14.4. The minimum Gasteiger partial charge on any atom is -0.505 e. The first-order valence-corrected chi connectivity index (χ1v) is 24.9. The first kappa shape index (κ1) is 54.1. The van der Waals surface area contributed by atoms with Crippen molar-refractivity contribution in [2.75, 3.05) is 22.3 Å². The Bertz CT molecular complexity index is 3850. The topological polar surface area (TPSA) is 479 Å². The Morgan fingerprint density at radius 2 is 0.849 bits per heavy atom. The SMILES string of the molecule is Nc1ccc2c(O)c(NN=C3C(=O)C=C(S(=O)(=O)O)c4cc([N+](=O)[O-])ccc43)c(S(=O)(=O)O)cc2c1.Nc1ccc2c(O)c(NN=C3C(=O)C=C(S(=O)(=O)O)c4cc([N+](=O)[O-])ccc43)c(S(=O)(=O)O)cc2c1.[Cr].[H+].[H+].[H+].[H+].[H+]. The number of fused-ring (bicyclic) bond motifs is 4. The zero-order chi connectivity index (χ0) is 53.2. The van der Waals surface area contributed by atoms with Gasteiger partial charge in [0.05, 0.1) is 9.85 Å². The fraction of sp³-hybridized carbons (Fsp3) is 0. The molecule has 0 amide bonds. The number of nitrogens with two attached hydrogens (primary N) is 2. The van der Waals surface area contributed by atoms with Crippen LogP contribution in [0.4, 0.5) is 34.1 Å². The number of anilines is 4. The molecule has 0 heterocycles. The van der Waals surface area contributed by atoms with Crippen LogP contribution in [0.2, 0.25) is 0 Å². The molecule has 6 aromatic rings. The van der Waals surface area contributed by atoms with Crippen LogP contribution in [0.25, 0.3) is 31.4 Å². The largest absolute Gasteiger partial charge is 1.00 e. The van der Waals surface area contributed by atoms with Crippen LogP contribution in [-0.2, 0) is 67.4 Å². The number of carbonyl (C=O) groups excluding carboxylic acids is 2. The van der Waals surface area contributed by atoms with Crippen molar-refractivity contribution in [2.24, 2.45) is 10.2 Å². The number of aromatic hydroxyl groups is 2. The minimum absolute atomic E-state index is 0. The molecule has 0 saturated carbocycles. The van der Waals surface area contributed by atoms with Crippen molar-refractivity contribution in [2.45, 2.75) is 9.79 Å². The molecule has 8 rings (SSSR count). The summed E-state index contributed by atoms with van der Waals surface area (Å²) in [5.41, 5.74) is 11.5. The van der Waals surface area contributed by atoms with Gasteiger partial charge in [0.25, 0.3) is 51.8 Å². The Labute approximate surface area is 426 Å². The second-order valence-corrected chi connectivity index (χ2v) is 20.5. The number of ketones is 2.